The van der Waals surface area contributed by atoms with E-state index in [4.69, 9.17) is 4.74 Å². The predicted octanol–water partition coefficient (Wildman–Crippen LogP) is 1.33. The minimum absolute atomic E-state index is 0.155. The number of piperidine rings is 1. The average molecular weight is 263 g/mol. The summed E-state index contributed by atoms with van der Waals surface area (Å²) in [5.41, 5.74) is 1.23. The van der Waals surface area contributed by atoms with Crippen molar-refractivity contribution in [2.75, 3.05) is 31.2 Å². The molecule has 2 fully saturated rings. The molecule has 5 nitrogen and oxygen atoms in total. The van der Waals surface area contributed by atoms with Gasteiger partial charge in [0, 0.05) is 38.7 Å². The van der Waals surface area contributed by atoms with Gasteiger partial charge < -0.3 is 14.7 Å². The molecular formula is C14H21N3O2. The number of aliphatic hydroxyl groups is 1. The van der Waals surface area contributed by atoms with Crippen molar-refractivity contribution in [1.29, 1.82) is 0 Å². The summed E-state index contributed by atoms with van der Waals surface area (Å²) < 4.78 is 5.38. The molecule has 3 heterocycles. The summed E-state index contributed by atoms with van der Waals surface area (Å²) in [6, 6.07) is 0. The minimum atomic E-state index is -0.155. The van der Waals surface area contributed by atoms with Crippen LogP contribution in [-0.4, -0.2) is 47.5 Å². The van der Waals surface area contributed by atoms with Crippen LogP contribution in [0.4, 0.5) is 5.95 Å². The Morgan fingerprint density at radius 1 is 1.05 bits per heavy atom. The Kier molecular flexibility index (Phi) is 3.94. The molecule has 0 bridgehead atoms. The van der Waals surface area contributed by atoms with Gasteiger partial charge in [0.25, 0.3) is 0 Å². The third kappa shape index (κ3) is 3.04. The van der Waals surface area contributed by atoms with Gasteiger partial charge in [0.15, 0.2) is 0 Å². The van der Waals surface area contributed by atoms with Crippen molar-refractivity contribution in [2.24, 2.45) is 0 Å². The quantitative estimate of drug-likeness (QED) is 0.872. The molecule has 1 aromatic rings. The second-order valence-electron chi connectivity index (χ2n) is 5.42. The molecule has 0 unspecified atom stereocenters. The fraction of sp³-hybridized carbons (Fsp3) is 0.714. The van der Waals surface area contributed by atoms with Gasteiger partial charge in [0.1, 0.15) is 0 Å². The van der Waals surface area contributed by atoms with Crippen LogP contribution in [0.15, 0.2) is 12.4 Å². The minimum Gasteiger partial charge on any atom is -0.393 e. The predicted molar refractivity (Wildman–Crippen MR) is 72.3 cm³/mol. The van der Waals surface area contributed by atoms with Gasteiger partial charge in [-0.3, -0.25) is 0 Å². The lowest BCUT2D eigenvalue weighted by atomic mass is 9.94. The monoisotopic (exact) mass is 263 g/mol. The third-order valence-corrected chi connectivity index (χ3v) is 4.10. The van der Waals surface area contributed by atoms with E-state index in [0.29, 0.717) is 5.92 Å². The van der Waals surface area contributed by atoms with E-state index >= 15 is 0 Å². The molecular weight excluding hydrogens is 242 g/mol. The Morgan fingerprint density at radius 3 is 2.32 bits per heavy atom. The highest BCUT2D eigenvalue weighted by Gasteiger charge is 2.20. The summed E-state index contributed by atoms with van der Waals surface area (Å²) in [5, 5.41) is 9.51. The first-order valence-electron chi connectivity index (χ1n) is 7.15. The normalized spacial score (nSPS) is 22.7. The maximum Gasteiger partial charge on any atom is 0.225 e. The molecule has 0 aliphatic carbocycles. The summed E-state index contributed by atoms with van der Waals surface area (Å²) in [5.74, 6) is 1.34. The molecule has 0 atom stereocenters. The fourth-order valence-electron chi connectivity index (χ4n) is 2.80. The van der Waals surface area contributed by atoms with Crippen molar-refractivity contribution in [2.45, 2.75) is 37.7 Å². The zero-order valence-electron chi connectivity index (χ0n) is 11.2. The van der Waals surface area contributed by atoms with Crippen LogP contribution in [0.25, 0.3) is 0 Å². The second-order valence-corrected chi connectivity index (χ2v) is 5.42. The molecule has 2 aliphatic rings. The summed E-state index contributed by atoms with van der Waals surface area (Å²) in [7, 11) is 0. The van der Waals surface area contributed by atoms with E-state index < -0.39 is 0 Å². The number of aromatic nitrogens is 2. The van der Waals surface area contributed by atoms with Crippen LogP contribution >= 0.6 is 0 Å². The highest BCUT2D eigenvalue weighted by atomic mass is 16.5. The van der Waals surface area contributed by atoms with E-state index in [1.165, 1.54) is 5.56 Å². The van der Waals surface area contributed by atoms with E-state index in [2.05, 4.69) is 14.9 Å². The van der Waals surface area contributed by atoms with Gasteiger partial charge in [-0.15, -0.1) is 0 Å². The summed E-state index contributed by atoms with van der Waals surface area (Å²) in [6.45, 7) is 3.38. The SMILES string of the molecule is OC1CCN(c2ncc(C3CCOCC3)cn2)CC1. The average Bonchev–Trinajstić information content (AvgIpc) is 2.49. The van der Waals surface area contributed by atoms with Gasteiger partial charge in [-0.1, -0.05) is 0 Å². The second kappa shape index (κ2) is 5.84. The zero-order chi connectivity index (χ0) is 13.1. The van der Waals surface area contributed by atoms with Gasteiger partial charge in [0.2, 0.25) is 5.95 Å². The van der Waals surface area contributed by atoms with E-state index in [1.807, 2.05) is 12.4 Å². The maximum absolute atomic E-state index is 9.51. The lowest BCUT2D eigenvalue weighted by Gasteiger charge is -2.29. The van der Waals surface area contributed by atoms with Crippen LogP contribution in [0.3, 0.4) is 0 Å². The van der Waals surface area contributed by atoms with Crippen LogP contribution in [0, 0.1) is 0 Å². The molecule has 1 aromatic heterocycles. The van der Waals surface area contributed by atoms with Gasteiger partial charge >= 0.3 is 0 Å². The Bertz CT molecular complexity index is 396. The molecule has 0 saturated carbocycles. The Morgan fingerprint density at radius 2 is 1.68 bits per heavy atom. The molecule has 5 heteroatoms. The van der Waals surface area contributed by atoms with Crippen LogP contribution in [0.5, 0.6) is 0 Å². The van der Waals surface area contributed by atoms with Crippen LogP contribution in [0.1, 0.15) is 37.2 Å². The number of ether oxygens (including phenoxy) is 1. The van der Waals surface area contributed by atoms with Gasteiger partial charge in [-0.05, 0) is 37.2 Å². The van der Waals surface area contributed by atoms with Crippen molar-refractivity contribution in [3.63, 3.8) is 0 Å². The molecule has 2 aliphatic heterocycles. The number of rotatable bonds is 2. The molecule has 0 radical (unpaired) electrons. The topological polar surface area (TPSA) is 58.5 Å². The standard InChI is InChI=1S/C14H21N3O2/c18-13-1-5-17(6-2-13)14-15-9-12(10-16-14)11-3-7-19-8-4-11/h9-11,13,18H,1-8H2. The Hall–Kier alpha value is -1.20. The first-order chi connectivity index (χ1) is 9.33. The molecule has 104 valence electrons. The van der Waals surface area contributed by atoms with Crippen molar-refractivity contribution < 1.29 is 9.84 Å². The number of aliphatic hydroxyl groups excluding tert-OH is 1. The molecule has 3 rings (SSSR count). The smallest absolute Gasteiger partial charge is 0.225 e. The molecule has 0 spiro atoms. The molecule has 19 heavy (non-hydrogen) atoms. The summed E-state index contributed by atoms with van der Waals surface area (Å²) >= 11 is 0. The van der Waals surface area contributed by atoms with Crippen molar-refractivity contribution in [3.8, 4) is 0 Å². The van der Waals surface area contributed by atoms with Crippen molar-refractivity contribution in [3.05, 3.63) is 18.0 Å². The highest BCUT2D eigenvalue weighted by Crippen LogP contribution is 2.26. The molecule has 0 amide bonds. The Labute approximate surface area is 113 Å². The first-order valence-corrected chi connectivity index (χ1v) is 7.15. The van der Waals surface area contributed by atoms with Crippen molar-refractivity contribution in [1.82, 2.24) is 9.97 Å². The molecule has 2 saturated heterocycles. The summed E-state index contributed by atoms with van der Waals surface area (Å²) in [6.07, 6.45) is 7.53. The number of nitrogens with zero attached hydrogens (tertiary/aromatic N) is 3. The van der Waals surface area contributed by atoms with E-state index in [-0.39, 0.29) is 6.10 Å². The van der Waals surface area contributed by atoms with Gasteiger partial charge in [-0.25, -0.2) is 9.97 Å². The van der Waals surface area contributed by atoms with Gasteiger partial charge in [-0.2, -0.15) is 0 Å². The largest absolute Gasteiger partial charge is 0.393 e. The van der Waals surface area contributed by atoms with Crippen LogP contribution in [0.2, 0.25) is 0 Å². The van der Waals surface area contributed by atoms with Crippen LogP contribution in [-0.2, 0) is 4.74 Å². The van der Waals surface area contributed by atoms with Crippen molar-refractivity contribution >= 4 is 5.95 Å². The lowest BCUT2D eigenvalue weighted by Crippen LogP contribution is -2.36. The maximum atomic E-state index is 9.51. The number of anilines is 1. The van der Waals surface area contributed by atoms with Gasteiger partial charge in [0.05, 0.1) is 6.10 Å². The Balaban J connectivity index is 1.65. The molecule has 1 N–H and O–H groups in total. The first kappa shape index (κ1) is 12.8. The molecule has 0 aromatic carbocycles. The lowest BCUT2D eigenvalue weighted by molar-refractivity contribution is 0.0852. The van der Waals surface area contributed by atoms with Crippen LogP contribution < -0.4 is 4.90 Å². The fourth-order valence-corrected chi connectivity index (χ4v) is 2.80. The third-order valence-electron chi connectivity index (χ3n) is 4.10. The summed E-state index contributed by atoms with van der Waals surface area (Å²) in [4.78, 5) is 11.1. The zero-order valence-corrected chi connectivity index (χ0v) is 11.2. The van der Waals surface area contributed by atoms with E-state index in [1.54, 1.807) is 0 Å². The van der Waals surface area contributed by atoms with E-state index in [0.717, 1.165) is 57.9 Å². The number of hydrogen-bond donors (Lipinski definition) is 1. The van der Waals surface area contributed by atoms with E-state index in [9.17, 15) is 5.11 Å². The number of hydrogen-bond acceptors (Lipinski definition) is 5. The highest BCUT2D eigenvalue weighted by molar-refractivity contribution is 5.31.